The van der Waals surface area contributed by atoms with Gasteiger partial charge in [-0.2, -0.15) is 0 Å². The van der Waals surface area contributed by atoms with Crippen molar-refractivity contribution in [2.45, 2.75) is 13.5 Å². The molecule has 1 fully saturated rings. The number of benzene rings is 1. The summed E-state index contributed by atoms with van der Waals surface area (Å²) in [5.41, 5.74) is 2.72. The highest BCUT2D eigenvalue weighted by molar-refractivity contribution is 5.87. The molecule has 1 aromatic rings. The van der Waals surface area contributed by atoms with E-state index < -0.39 is 0 Å². The SMILES string of the molecule is Cc1ccccc1CN1CCN(C(=O)C=CCN(C)C)CC1. The first kappa shape index (κ1) is 16.7. The number of carbonyl (C=O) groups is 1. The van der Waals surface area contributed by atoms with E-state index in [0.717, 1.165) is 39.3 Å². The number of rotatable bonds is 5. The molecule has 1 aliphatic rings. The molecule has 1 heterocycles. The normalized spacial score (nSPS) is 16.6. The van der Waals surface area contributed by atoms with E-state index in [0.29, 0.717) is 0 Å². The second-order valence-corrected chi connectivity index (χ2v) is 6.19. The van der Waals surface area contributed by atoms with Gasteiger partial charge in [0.15, 0.2) is 0 Å². The lowest BCUT2D eigenvalue weighted by atomic mass is 10.1. The Kier molecular flexibility index (Phi) is 6.16. The molecule has 0 saturated carbocycles. The monoisotopic (exact) mass is 301 g/mol. The maximum absolute atomic E-state index is 12.1. The van der Waals surface area contributed by atoms with Gasteiger partial charge in [-0.25, -0.2) is 0 Å². The summed E-state index contributed by atoms with van der Waals surface area (Å²) in [4.78, 5) is 18.5. The lowest BCUT2D eigenvalue weighted by Crippen LogP contribution is -2.47. The van der Waals surface area contributed by atoms with Gasteiger partial charge in [0.05, 0.1) is 0 Å². The van der Waals surface area contributed by atoms with Crippen molar-refractivity contribution < 1.29 is 4.79 Å². The van der Waals surface area contributed by atoms with Crippen LogP contribution >= 0.6 is 0 Å². The van der Waals surface area contributed by atoms with Crippen molar-refractivity contribution in [2.75, 3.05) is 46.8 Å². The van der Waals surface area contributed by atoms with Crippen LogP contribution in [0.15, 0.2) is 36.4 Å². The van der Waals surface area contributed by atoms with Crippen LogP contribution in [-0.4, -0.2) is 67.4 Å². The molecule has 2 rings (SSSR count). The van der Waals surface area contributed by atoms with E-state index in [9.17, 15) is 4.79 Å². The van der Waals surface area contributed by atoms with E-state index in [4.69, 9.17) is 0 Å². The standard InChI is InChI=1S/C18H27N3O/c1-16-7-4-5-8-17(16)15-20-11-13-21(14-12-20)18(22)9-6-10-19(2)3/h4-9H,10-15H2,1-3H3. The van der Waals surface area contributed by atoms with Gasteiger partial charge in [0.1, 0.15) is 0 Å². The number of piperazine rings is 1. The second kappa shape index (κ2) is 8.11. The fraction of sp³-hybridized carbons (Fsp3) is 0.500. The summed E-state index contributed by atoms with van der Waals surface area (Å²) in [6.45, 7) is 7.46. The fourth-order valence-electron chi connectivity index (χ4n) is 2.62. The first-order valence-corrected chi connectivity index (χ1v) is 7.93. The molecule has 4 heteroatoms. The van der Waals surface area contributed by atoms with Crippen molar-refractivity contribution in [1.82, 2.24) is 14.7 Å². The van der Waals surface area contributed by atoms with Crippen molar-refractivity contribution in [3.05, 3.63) is 47.5 Å². The topological polar surface area (TPSA) is 26.8 Å². The highest BCUT2D eigenvalue weighted by atomic mass is 16.2. The zero-order valence-electron chi connectivity index (χ0n) is 14.0. The van der Waals surface area contributed by atoms with Crippen LogP contribution in [0.5, 0.6) is 0 Å². The zero-order chi connectivity index (χ0) is 15.9. The molecule has 1 aromatic carbocycles. The molecule has 22 heavy (non-hydrogen) atoms. The number of nitrogens with zero attached hydrogens (tertiary/aromatic N) is 3. The molecule has 0 atom stereocenters. The number of hydrogen-bond acceptors (Lipinski definition) is 3. The Labute approximate surface area is 134 Å². The van der Waals surface area contributed by atoms with Crippen LogP contribution in [0.25, 0.3) is 0 Å². The number of aryl methyl sites for hydroxylation is 1. The van der Waals surface area contributed by atoms with E-state index in [2.05, 4.69) is 36.1 Å². The van der Waals surface area contributed by atoms with Gasteiger partial charge in [-0.1, -0.05) is 30.3 Å². The first-order valence-electron chi connectivity index (χ1n) is 7.93. The third-order valence-corrected chi connectivity index (χ3v) is 4.07. The smallest absolute Gasteiger partial charge is 0.246 e. The molecule has 0 spiro atoms. The minimum absolute atomic E-state index is 0.136. The average Bonchev–Trinajstić information content (AvgIpc) is 2.50. The Bertz CT molecular complexity index is 517. The van der Waals surface area contributed by atoms with Gasteiger partial charge in [-0.05, 0) is 32.1 Å². The maximum Gasteiger partial charge on any atom is 0.246 e. The first-order chi connectivity index (χ1) is 10.6. The third kappa shape index (κ3) is 4.97. The molecule has 0 N–H and O–H groups in total. The van der Waals surface area contributed by atoms with Crippen LogP contribution in [-0.2, 0) is 11.3 Å². The molecule has 120 valence electrons. The third-order valence-electron chi connectivity index (χ3n) is 4.07. The molecule has 1 amide bonds. The molecule has 0 aliphatic carbocycles. The van der Waals surface area contributed by atoms with E-state index in [1.807, 2.05) is 30.0 Å². The van der Waals surface area contributed by atoms with E-state index >= 15 is 0 Å². The summed E-state index contributed by atoms with van der Waals surface area (Å²) in [5, 5.41) is 0. The van der Waals surface area contributed by atoms with Gasteiger partial charge in [-0.3, -0.25) is 9.69 Å². The second-order valence-electron chi connectivity index (χ2n) is 6.19. The molecule has 1 aliphatic heterocycles. The Morgan fingerprint density at radius 3 is 2.50 bits per heavy atom. The Balaban J connectivity index is 1.79. The largest absolute Gasteiger partial charge is 0.337 e. The lowest BCUT2D eigenvalue weighted by molar-refractivity contribution is -0.127. The minimum Gasteiger partial charge on any atom is -0.337 e. The molecule has 0 radical (unpaired) electrons. The fourth-order valence-corrected chi connectivity index (χ4v) is 2.62. The van der Waals surface area contributed by atoms with Gasteiger partial charge >= 0.3 is 0 Å². The zero-order valence-corrected chi connectivity index (χ0v) is 14.0. The van der Waals surface area contributed by atoms with Gasteiger partial charge in [0.25, 0.3) is 0 Å². The van der Waals surface area contributed by atoms with Crippen molar-refractivity contribution in [3.8, 4) is 0 Å². The predicted octanol–water partition coefficient (Wildman–Crippen LogP) is 1.76. The van der Waals surface area contributed by atoms with Gasteiger partial charge in [-0.15, -0.1) is 0 Å². The number of likely N-dealkylation sites (N-methyl/N-ethyl adjacent to an activating group) is 1. The van der Waals surface area contributed by atoms with Crippen LogP contribution < -0.4 is 0 Å². The van der Waals surface area contributed by atoms with Crippen LogP contribution in [0.4, 0.5) is 0 Å². The highest BCUT2D eigenvalue weighted by Crippen LogP contribution is 2.12. The quantitative estimate of drug-likeness (QED) is 0.775. The van der Waals surface area contributed by atoms with E-state index in [1.165, 1.54) is 11.1 Å². The maximum atomic E-state index is 12.1. The Morgan fingerprint density at radius 1 is 1.18 bits per heavy atom. The summed E-state index contributed by atoms with van der Waals surface area (Å²) in [5.74, 6) is 0.136. The Morgan fingerprint density at radius 2 is 1.86 bits per heavy atom. The molecule has 4 nitrogen and oxygen atoms in total. The predicted molar refractivity (Wildman–Crippen MR) is 90.7 cm³/mol. The van der Waals surface area contributed by atoms with Gasteiger partial charge in [0.2, 0.25) is 5.91 Å². The van der Waals surface area contributed by atoms with E-state index in [-0.39, 0.29) is 5.91 Å². The van der Waals surface area contributed by atoms with Gasteiger partial charge < -0.3 is 9.80 Å². The Hall–Kier alpha value is -1.65. The number of hydrogen-bond donors (Lipinski definition) is 0. The van der Waals surface area contributed by atoms with Crippen molar-refractivity contribution >= 4 is 5.91 Å². The van der Waals surface area contributed by atoms with Crippen LogP contribution in [0, 0.1) is 6.92 Å². The molecular formula is C18H27N3O. The summed E-state index contributed by atoms with van der Waals surface area (Å²) in [7, 11) is 4.00. The van der Waals surface area contributed by atoms with Crippen LogP contribution in [0.2, 0.25) is 0 Å². The summed E-state index contributed by atoms with van der Waals surface area (Å²) < 4.78 is 0. The lowest BCUT2D eigenvalue weighted by Gasteiger charge is -2.34. The van der Waals surface area contributed by atoms with Crippen LogP contribution in [0.1, 0.15) is 11.1 Å². The molecule has 0 aromatic heterocycles. The number of carbonyl (C=O) groups excluding carboxylic acids is 1. The molecular weight excluding hydrogens is 274 g/mol. The summed E-state index contributed by atoms with van der Waals surface area (Å²) in [6, 6.07) is 8.52. The number of amides is 1. The van der Waals surface area contributed by atoms with Crippen molar-refractivity contribution in [3.63, 3.8) is 0 Å². The summed E-state index contributed by atoms with van der Waals surface area (Å²) >= 11 is 0. The summed E-state index contributed by atoms with van der Waals surface area (Å²) in [6.07, 6.45) is 3.64. The molecule has 0 unspecified atom stereocenters. The average molecular weight is 301 g/mol. The van der Waals surface area contributed by atoms with Crippen molar-refractivity contribution in [1.29, 1.82) is 0 Å². The van der Waals surface area contributed by atoms with Crippen LogP contribution in [0.3, 0.4) is 0 Å². The molecule has 0 bridgehead atoms. The van der Waals surface area contributed by atoms with E-state index in [1.54, 1.807) is 6.08 Å². The highest BCUT2D eigenvalue weighted by Gasteiger charge is 2.19. The molecule has 1 saturated heterocycles. The minimum atomic E-state index is 0.136. The van der Waals surface area contributed by atoms with Crippen molar-refractivity contribution in [2.24, 2.45) is 0 Å². The van der Waals surface area contributed by atoms with Gasteiger partial charge in [0, 0.05) is 45.3 Å².